The number of hydrogen-bond donors (Lipinski definition) is 16. The van der Waals surface area contributed by atoms with Gasteiger partial charge in [-0.05, 0) is 91.8 Å². The Kier molecular flexibility index (Phi) is 20.9. The third kappa shape index (κ3) is 12.2. The molecule has 9 fully saturated rings. The van der Waals surface area contributed by atoms with Crippen molar-refractivity contribution in [2.24, 2.45) is 46.3 Å². The van der Waals surface area contributed by atoms with E-state index < -0.39 is 192 Å². The smallest absolute Gasteiger partial charge is 0.187 e. The van der Waals surface area contributed by atoms with Gasteiger partial charge in [0.15, 0.2) is 37.2 Å². The molecule has 0 bridgehead atoms. The number of aliphatic hydroxyl groups excluding tert-OH is 16. The van der Waals surface area contributed by atoms with Crippen LogP contribution in [0, 0.1) is 46.3 Å². The van der Waals surface area contributed by atoms with Crippen LogP contribution in [0.25, 0.3) is 0 Å². The highest BCUT2D eigenvalue weighted by Gasteiger charge is 2.69. The van der Waals surface area contributed by atoms with E-state index in [-0.39, 0.29) is 41.3 Å². The van der Waals surface area contributed by atoms with E-state index in [2.05, 4.69) is 26.8 Å². The fraction of sp³-hybridized carbons (Fsp3) is 0.965. The summed E-state index contributed by atoms with van der Waals surface area (Å²) in [5.41, 5.74) is 1.10. The molecule has 3 saturated carbocycles. The van der Waals surface area contributed by atoms with Gasteiger partial charge in [-0.15, -0.1) is 0 Å². The van der Waals surface area contributed by atoms with Gasteiger partial charge in [-0.3, -0.25) is 0 Å². The Morgan fingerprint density at radius 3 is 1.81 bits per heavy atom. The van der Waals surface area contributed by atoms with Crippen molar-refractivity contribution in [1.82, 2.24) is 0 Å². The van der Waals surface area contributed by atoms with Crippen LogP contribution in [-0.4, -0.2) is 294 Å². The summed E-state index contributed by atoms with van der Waals surface area (Å²) in [7, 11) is 1.70. The number of aliphatic hydroxyl groups is 16. The lowest BCUT2D eigenvalue weighted by Crippen LogP contribution is -2.68. The summed E-state index contributed by atoms with van der Waals surface area (Å²) in [5.74, 6) is 0.706. The first-order valence-electron chi connectivity index (χ1n) is 30.4. The lowest BCUT2D eigenvalue weighted by atomic mass is 9.47. The Labute approximate surface area is 492 Å². The molecule has 85 heavy (non-hydrogen) atoms. The maximum absolute atomic E-state index is 11.9. The molecule has 490 valence electrons. The monoisotopic (exact) mass is 1230 g/mol. The van der Waals surface area contributed by atoms with Crippen LogP contribution in [0.15, 0.2) is 11.6 Å². The minimum atomic E-state index is -2.03. The van der Waals surface area contributed by atoms with Crippen LogP contribution >= 0.6 is 0 Å². The number of ether oxygens (including phenoxy) is 12. The van der Waals surface area contributed by atoms with Gasteiger partial charge in [-0.25, -0.2) is 0 Å². The molecule has 6 aliphatic heterocycles. The predicted octanol–water partition coefficient (Wildman–Crippen LogP) is -4.92. The van der Waals surface area contributed by atoms with E-state index in [4.69, 9.17) is 56.8 Å². The van der Waals surface area contributed by atoms with Gasteiger partial charge >= 0.3 is 0 Å². The van der Waals surface area contributed by atoms with E-state index in [9.17, 15) is 81.7 Å². The van der Waals surface area contributed by atoms with Crippen LogP contribution in [0.1, 0.15) is 85.5 Å². The molecule has 10 aliphatic rings. The van der Waals surface area contributed by atoms with Crippen molar-refractivity contribution in [2.45, 2.75) is 251 Å². The molecule has 0 radical (unpaired) electrons. The van der Waals surface area contributed by atoms with Crippen LogP contribution in [0.2, 0.25) is 0 Å². The molecule has 0 aromatic rings. The molecule has 6 saturated heterocycles. The van der Waals surface area contributed by atoms with E-state index >= 15 is 0 Å². The predicted molar refractivity (Wildman–Crippen MR) is 283 cm³/mol. The average Bonchev–Trinajstić information content (AvgIpc) is 1.60. The fourth-order valence-electron chi connectivity index (χ4n) is 16.6. The van der Waals surface area contributed by atoms with Crippen molar-refractivity contribution in [1.29, 1.82) is 0 Å². The van der Waals surface area contributed by atoms with Crippen molar-refractivity contribution in [3.05, 3.63) is 11.6 Å². The Morgan fingerprint density at radius 1 is 0.588 bits per heavy atom. The highest BCUT2D eigenvalue weighted by molar-refractivity contribution is 5.26. The molecular weight excluding hydrogens is 1130 g/mol. The Morgan fingerprint density at radius 2 is 1.15 bits per heavy atom. The van der Waals surface area contributed by atoms with Crippen LogP contribution in [0.4, 0.5) is 0 Å². The number of rotatable bonds is 19. The maximum Gasteiger partial charge on any atom is 0.187 e. The zero-order valence-corrected chi connectivity index (χ0v) is 48.7. The van der Waals surface area contributed by atoms with Gasteiger partial charge in [-0.2, -0.15) is 0 Å². The molecule has 0 spiro atoms. The summed E-state index contributed by atoms with van der Waals surface area (Å²) in [6.45, 7) is 5.58. The van der Waals surface area contributed by atoms with Crippen molar-refractivity contribution in [3.63, 3.8) is 0 Å². The van der Waals surface area contributed by atoms with Gasteiger partial charge in [0.25, 0.3) is 0 Å². The molecule has 0 aromatic heterocycles. The third-order valence-electron chi connectivity index (χ3n) is 21.6. The largest absolute Gasteiger partial charge is 0.394 e. The lowest BCUT2D eigenvalue weighted by molar-refractivity contribution is -0.403. The molecule has 6 heterocycles. The van der Waals surface area contributed by atoms with Crippen LogP contribution in [-0.2, 0) is 56.8 Å². The molecule has 10 rings (SSSR count). The van der Waals surface area contributed by atoms with E-state index in [1.807, 2.05) is 6.92 Å². The van der Waals surface area contributed by atoms with Crippen LogP contribution in [0.5, 0.6) is 0 Å². The standard InChI is InChI=1S/C57H94O28/c1-22(20-75-50-44(71)40(67)37(64)31(16-58)78-50)8-13-57(74-5)23(2)35-30(85-57)15-28-26-7-6-24-14-25(9-11-55(24,3)27(26)10-12-56(28,35)4)77-52-46(73)42(69)47(34(19-61)81-52)82-54-49(84-53-45(72)41(68)38(65)32(17-59)79-53)48(39(66)33(18-60)80-54)83-51-43(70)36(63)29(62)21-76-51/h6,22-23,25-54,58-73H,7-21H2,1-5H3. The summed E-state index contributed by atoms with van der Waals surface area (Å²) < 4.78 is 72.7. The molecule has 0 aromatic carbocycles. The van der Waals surface area contributed by atoms with Gasteiger partial charge < -0.3 is 139 Å². The summed E-state index contributed by atoms with van der Waals surface area (Å²) in [4.78, 5) is 0. The van der Waals surface area contributed by atoms with Crippen molar-refractivity contribution < 1.29 is 139 Å². The zero-order valence-electron chi connectivity index (χ0n) is 48.7. The second-order valence-corrected chi connectivity index (χ2v) is 26.4. The van der Waals surface area contributed by atoms with E-state index in [0.717, 1.165) is 32.1 Å². The van der Waals surface area contributed by atoms with Gasteiger partial charge in [0, 0.05) is 19.4 Å². The molecule has 28 nitrogen and oxygen atoms in total. The van der Waals surface area contributed by atoms with Crippen LogP contribution < -0.4 is 0 Å². The van der Waals surface area contributed by atoms with Gasteiger partial charge in [0.2, 0.25) is 0 Å². The summed E-state index contributed by atoms with van der Waals surface area (Å²) in [6, 6.07) is 0. The molecule has 16 N–H and O–H groups in total. The Bertz CT molecular complexity index is 2220. The molecule has 28 heteroatoms. The topological polar surface area (TPSA) is 434 Å². The first-order chi connectivity index (χ1) is 40.4. The zero-order chi connectivity index (χ0) is 61.4. The highest BCUT2D eigenvalue weighted by Crippen LogP contribution is 2.70. The van der Waals surface area contributed by atoms with E-state index in [0.29, 0.717) is 43.4 Å². The second kappa shape index (κ2) is 26.7. The Balaban J connectivity index is 0.777. The van der Waals surface area contributed by atoms with Gasteiger partial charge in [0.1, 0.15) is 116 Å². The van der Waals surface area contributed by atoms with Crippen molar-refractivity contribution >= 4 is 0 Å². The quantitative estimate of drug-likeness (QED) is 0.0539. The maximum atomic E-state index is 11.9. The third-order valence-corrected chi connectivity index (χ3v) is 21.6. The van der Waals surface area contributed by atoms with Gasteiger partial charge in [0.05, 0.1) is 51.8 Å². The lowest BCUT2D eigenvalue weighted by Gasteiger charge is -2.58. The fourth-order valence-corrected chi connectivity index (χ4v) is 16.6. The highest BCUT2D eigenvalue weighted by atomic mass is 16.8. The minimum Gasteiger partial charge on any atom is -0.394 e. The number of fused-ring (bicyclic) bond motifs is 7. The summed E-state index contributed by atoms with van der Waals surface area (Å²) >= 11 is 0. The molecule has 0 amide bonds. The SMILES string of the molecule is COC1(CCC(C)COC2OC(CO)C(O)C(O)C2O)OC2CC3C4CC=C5CC(OC6OC(CO)C(OC7OC(CO)C(O)C(OC8OCC(O)C(O)C8O)C7OC7OC(CO)C(O)C(O)C7O)C(O)C6O)CCC5(C)C4CCC3(C)C2C1C. The van der Waals surface area contributed by atoms with Gasteiger partial charge in [-0.1, -0.05) is 39.3 Å². The molecular formula is C57H94O28. The normalized spacial score (nSPS) is 53.9. The van der Waals surface area contributed by atoms with E-state index in [1.54, 1.807) is 7.11 Å². The van der Waals surface area contributed by atoms with Crippen LogP contribution in [0.3, 0.4) is 0 Å². The van der Waals surface area contributed by atoms with Crippen molar-refractivity contribution in [2.75, 3.05) is 46.8 Å². The molecule has 35 unspecified atom stereocenters. The molecule has 35 atom stereocenters. The first-order valence-corrected chi connectivity index (χ1v) is 30.4. The Hall–Kier alpha value is -1.38. The first kappa shape index (κ1) is 66.5. The number of methoxy groups -OCH3 is 1. The average molecular weight is 1230 g/mol. The van der Waals surface area contributed by atoms with E-state index in [1.165, 1.54) is 5.57 Å². The molecule has 4 aliphatic carbocycles. The summed E-state index contributed by atoms with van der Waals surface area (Å²) in [5, 5.41) is 170. The second-order valence-electron chi connectivity index (χ2n) is 26.4. The minimum absolute atomic E-state index is 0.00163. The number of hydrogen-bond acceptors (Lipinski definition) is 28. The van der Waals surface area contributed by atoms with Crippen molar-refractivity contribution in [3.8, 4) is 0 Å². The number of allylic oxidation sites excluding steroid dienone is 1. The summed E-state index contributed by atoms with van der Waals surface area (Å²) in [6.07, 6.45) is -31.5.